The number of alkyl halides is 1. The summed E-state index contributed by atoms with van der Waals surface area (Å²) in [6.45, 7) is 4.60. The van der Waals surface area contributed by atoms with Crippen molar-refractivity contribution in [2.24, 2.45) is 22.7 Å². The molecule has 0 bridgehead atoms. The summed E-state index contributed by atoms with van der Waals surface area (Å²) in [5.41, 5.74) is -2.33. The van der Waals surface area contributed by atoms with Crippen molar-refractivity contribution in [2.45, 2.75) is 58.2 Å². The van der Waals surface area contributed by atoms with Gasteiger partial charge in [-0.15, -0.1) is 0 Å². The number of ketones is 2. The Morgan fingerprint density at radius 2 is 2.03 bits per heavy atom. The maximum absolute atomic E-state index is 16.8. The molecule has 1 N–H and O–H groups in total. The molecule has 6 atom stereocenters. The van der Waals surface area contributed by atoms with E-state index in [0.29, 0.717) is 24.8 Å². The molecule has 0 aromatic heterocycles. The minimum Gasteiger partial charge on any atom is -0.457 e. The van der Waals surface area contributed by atoms with Crippen LogP contribution in [-0.2, 0) is 19.1 Å². The summed E-state index contributed by atoms with van der Waals surface area (Å²) in [4.78, 5) is 35.6. The summed E-state index contributed by atoms with van der Waals surface area (Å²) in [6.07, 6.45) is 6.89. The number of allylic oxidation sites excluding steroid dienone is 5. The molecule has 0 amide bonds. The number of aliphatic hydroxyl groups is 1. The van der Waals surface area contributed by atoms with Crippen LogP contribution >= 0.6 is 0 Å². The number of halogens is 1. The number of fused-ring (bicyclic) bond motifs is 5. The number of hydrogen-bond donors (Lipinski definition) is 1. The molecule has 4 aliphatic rings. The van der Waals surface area contributed by atoms with Gasteiger partial charge in [0, 0.05) is 29.2 Å². The van der Waals surface area contributed by atoms with Gasteiger partial charge in [-0.25, -0.2) is 4.39 Å². The van der Waals surface area contributed by atoms with Crippen LogP contribution in [0.3, 0.4) is 0 Å². The monoisotopic (exact) mass is 402 g/mol. The predicted molar refractivity (Wildman–Crippen MR) is 103 cm³/mol. The van der Waals surface area contributed by atoms with Gasteiger partial charge >= 0.3 is 5.97 Å². The maximum Gasteiger partial charge on any atom is 0.303 e. The lowest BCUT2D eigenvalue weighted by molar-refractivity contribution is -0.185. The third-order valence-corrected chi connectivity index (χ3v) is 7.93. The SMILES string of the molecule is CC(=O)OCC(=O)C1=CC[C@@H]2[C@H]3CCC4=CC(=O)C=C[C@]4(C)[C@@]3(F)[C@@H](O)C[C@]12C. The molecular weight excluding hydrogens is 375 g/mol. The number of Topliss-reactive ketones (excluding diaryl/α,β-unsaturated/α-hetero) is 1. The first-order valence-corrected chi connectivity index (χ1v) is 10.2. The molecule has 4 aliphatic carbocycles. The second-order valence-corrected chi connectivity index (χ2v) is 9.32. The lowest BCUT2D eigenvalue weighted by Gasteiger charge is -2.61. The zero-order valence-electron chi connectivity index (χ0n) is 17.0. The van der Waals surface area contributed by atoms with Crippen LogP contribution in [0.25, 0.3) is 0 Å². The second-order valence-electron chi connectivity index (χ2n) is 9.32. The van der Waals surface area contributed by atoms with Gasteiger partial charge in [0.1, 0.15) is 0 Å². The molecule has 0 unspecified atom stereocenters. The summed E-state index contributed by atoms with van der Waals surface area (Å²) < 4.78 is 21.7. The van der Waals surface area contributed by atoms with Crippen LogP contribution in [0.5, 0.6) is 0 Å². The summed E-state index contributed by atoms with van der Waals surface area (Å²) in [5, 5.41) is 11.1. The standard InChI is InChI=1S/C23H27FO5/c1-13(25)29-12-19(27)18-7-6-16-17-5-4-14-10-15(26)8-9-22(14,3)23(17,24)20(28)11-21(16,18)2/h7-10,16-17,20,28H,4-6,11-12H2,1-3H3/t16-,17-,20+,21+,22+,23+/m1/s1. The highest BCUT2D eigenvalue weighted by Gasteiger charge is 2.69. The van der Waals surface area contributed by atoms with Crippen molar-refractivity contribution in [3.05, 3.63) is 35.5 Å². The van der Waals surface area contributed by atoms with Crippen molar-refractivity contribution in [2.75, 3.05) is 6.61 Å². The third kappa shape index (κ3) is 2.64. The van der Waals surface area contributed by atoms with Crippen LogP contribution in [-0.4, -0.2) is 41.0 Å². The molecule has 2 saturated carbocycles. The number of carbonyl (C=O) groups excluding carboxylic acids is 3. The van der Waals surface area contributed by atoms with Crippen molar-refractivity contribution < 1.29 is 28.6 Å². The molecule has 4 rings (SSSR count). The summed E-state index contributed by atoms with van der Waals surface area (Å²) in [6, 6.07) is 0. The van der Waals surface area contributed by atoms with Gasteiger partial charge in [0.25, 0.3) is 0 Å². The van der Waals surface area contributed by atoms with Gasteiger partial charge in [-0.1, -0.05) is 24.6 Å². The van der Waals surface area contributed by atoms with E-state index in [1.807, 2.05) is 13.0 Å². The van der Waals surface area contributed by atoms with Crippen molar-refractivity contribution in [1.29, 1.82) is 0 Å². The van der Waals surface area contributed by atoms with E-state index in [-0.39, 0.29) is 30.5 Å². The number of carbonyl (C=O) groups is 3. The Kier molecular flexibility index (Phi) is 4.50. The molecule has 0 saturated heterocycles. The fourth-order valence-corrected chi connectivity index (χ4v) is 6.46. The lowest BCUT2D eigenvalue weighted by atomic mass is 9.45. The zero-order valence-corrected chi connectivity index (χ0v) is 17.0. The Labute approximate surface area is 169 Å². The van der Waals surface area contributed by atoms with E-state index in [1.54, 1.807) is 13.0 Å². The minimum atomic E-state index is -1.90. The van der Waals surface area contributed by atoms with Gasteiger partial charge in [0.2, 0.25) is 0 Å². The largest absolute Gasteiger partial charge is 0.457 e. The van der Waals surface area contributed by atoms with Crippen LogP contribution in [0.4, 0.5) is 4.39 Å². The van der Waals surface area contributed by atoms with E-state index in [4.69, 9.17) is 4.74 Å². The summed E-state index contributed by atoms with van der Waals surface area (Å²) >= 11 is 0. The molecule has 0 radical (unpaired) electrons. The Bertz CT molecular complexity index is 886. The van der Waals surface area contributed by atoms with Crippen molar-refractivity contribution in [3.63, 3.8) is 0 Å². The molecular formula is C23H27FO5. The first-order valence-electron chi connectivity index (χ1n) is 10.2. The number of aliphatic hydroxyl groups excluding tert-OH is 1. The van der Waals surface area contributed by atoms with Crippen LogP contribution in [0.15, 0.2) is 35.5 Å². The number of hydrogen-bond acceptors (Lipinski definition) is 5. The van der Waals surface area contributed by atoms with E-state index >= 15 is 4.39 Å². The molecule has 5 nitrogen and oxygen atoms in total. The van der Waals surface area contributed by atoms with Gasteiger partial charge in [-0.05, 0) is 50.7 Å². The molecule has 29 heavy (non-hydrogen) atoms. The first kappa shape index (κ1) is 20.2. The molecule has 0 spiro atoms. The van der Waals surface area contributed by atoms with Crippen molar-refractivity contribution >= 4 is 17.5 Å². The maximum atomic E-state index is 16.8. The van der Waals surface area contributed by atoms with Crippen LogP contribution in [0, 0.1) is 22.7 Å². The fourth-order valence-electron chi connectivity index (χ4n) is 6.46. The topological polar surface area (TPSA) is 80.7 Å². The molecule has 0 aromatic rings. The Hall–Kier alpha value is -2.08. The predicted octanol–water partition coefficient (Wildman–Crippen LogP) is 3.03. The third-order valence-electron chi connectivity index (χ3n) is 7.93. The summed E-state index contributed by atoms with van der Waals surface area (Å²) in [7, 11) is 0. The van der Waals surface area contributed by atoms with Crippen LogP contribution < -0.4 is 0 Å². The molecule has 2 fully saturated rings. The van der Waals surface area contributed by atoms with E-state index < -0.39 is 34.5 Å². The van der Waals surface area contributed by atoms with E-state index in [2.05, 4.69) is 0 Å². The first-order chi connectivity index (χ1) is 13.5. The number of ether oxygens (including phenoxy) is 1. The highest BCUT2D eigenvalue weighted by atomic mass is 19.1. The highest BCUT2D eigenvalue weighted by Crippen LogP contribution is 2.67. The Balaban J connectivity index is 1.68. The van der Waals surface area contributed by atoms with Gasteiger partial charge in [-0.2, -0.15) is 0 Å². The van der Waals surface area contributed by atoms with E-state index in [0.717, 1.165) is 5.57 Å². The number of esters is 1. The van der Waals surface area contributed by atoms with Gasteiger partial charge in [0.15, 0.2) is 23.8 Å². The highest BCUT2D eigenvalue weighted by molar-refractivity contribution is 6.01. The van der Waals surface area contributed by atoms with Gasteiger partial charge in [-0.3, -0.25) is 14.4 Å². The van der Waals surface area contributed by atoms with Gasteiger partial charge in [0.05, 0.1) is 6.10 Å². The van der Waals surface area contributed by atoms with E-state index in [9.17, 15) is 19.5 Å². The molecule has 6 heteroatoms. The normalized spacial score (nSPS) is 42.9. The van der Waals surface area contributed by atoms with Crippen molar-refractivity contribution in [3.8, 4) is 0 Å². The second kappa shape index (κ2) is 6.46. The van der Waals surface area contributed by atoms with Gasteiger partial charge < -0.3 is 9.84 Å². The zero-order chi connectivity index (χ0) is 21.2. The average Bonchev–Trinajstić information content (AvgIpc) is 2.98. The average molecular weight is 402 g/mol. The fraction of sp³-hybridized carbons (Fsp3) is 0.609. The molecule has 0 heterocycles. The Morgan fingerprint density at radius 3 is 2.72 bits per heavy atom. The smallest absolute Gasteiger partial charge is 0.303 e. The van der Waals surface area contributed by atoms with E-state index in [1.165, 1.54) is 19.1 Å². The lowest BCUT2D eigenvalue weighted by Crippen LogP contribution is -2.66. The molecule has 156 valence electrons. The van der Waals surface area contributed by atoms with Crippen LogP contribution in [0.1, 0.15) is 46.5 Å². The summed E-state index contributed by atoms with van der Waals surface area (Å²) in [5.74, 6) is -1.52. The van der Waals surface area contributed by atoms with Crippen molar-refractivity contribution in [1.82, 2.24) is 0 Å². The minimum absolute atomic E-state index is 0.118. The molecule has 0 aliphatic heterocycles. The van der Waals surface area contributed by atoms with Crippen LogP contribution in [0.2, 0.25) is 0 Å². The molecule has 0 aromatic carbocycles. The quantitative estimate of drug-likeness (QED) is 0.734. The number of rotatable bonds is 3. The Morgan fingerprint density at radius 1 is 1.31 bits per heavy atom.